The van der Waals surface area contributed by atoms with Crippen LogP contribution in [0.15, 0.2) is 34.8 Å². The van der Waals surface area contributed by atoms with Crippen LogP contribution in [-0.4, -0.2) is 54.3 Å². The van der Waals surface area contributed by atoms with Gasteiger partial charge in [0.2, 0.25) is 5.95 Å². The average Bonchev–Trinajstić information content (AvgIpc) is 2.57. The van der Waals surface area contributed by atoms with Crippen LogP contribution in [-0.2, 0) is 4.74 Å². The number of hydrogen-bond acceptors (Lipinski definition) is 6. The fraction of sp³-hybridized carbons (Fsp3) is 0.412. The highest BCUT2D eigenvalue weighted by Crippen LogP contribution is 2.19. The van der Waals surface area contributed by atoms with Crippen LogP contribution in [0.2, 0.25) is 0 Å². The predicted octanol–water partition coefficient (Wildman–Crippen LogP) is 3.04. The number of nitrogens with zero attached hydrogens (tertiary/aromatic N) is 3. The van der Waals surface area contributed by atoms with Crippen molar-refractivity contribution in [2.75, 3.05) is 50.0 Å². The molecule has 2 aromatic rings. The van der Waals surface area contributed by atoms with Gasteiger partial charge < -0.3 is 15.4 Å². The summed E-state index contributed by atoms with van der Waals surface area (Å²) in [6.45, 7) is 7.39. The summed E-state index contributed by atoms with van der Waals surface area (Å²) in [5, 5.41) is 6.63. The first kappa shape index (κ1) is 17.1. The maximum Gasteiger partial charge on any atom is 0.224 e. The van der Waals surface area contributed by atoms with Gasteiger partial charge in [-0.25, -0.2) is 4.98 Å². The molecule has 0 aliphatic carbocycles. The van der Waals surface area contributed by atoms with E-state index in [0.717, 1.165) is 61.1 Å². The van der Waals surface area contributed by atoms with Crippen LogP contribution >= 0.6 is 15.9 Å². The summed E-state index contributed by atoms with van der Waals surface area (Å²) < 4.78 is 6.41. The Hall–Kier alpha value is -1.70. The molecule has 128 valence electrons. The van der Waals surface area contributed by atoms with Crippen molar-refractivity contribution in [3.63, 3.8) is 0 Å². The number of ether oxygens (including phenoxy) is 1. The van der Waals surface area contributed by atoms with Crippen LogP contribution in [0.5, 0.6) is 0 Å². The van der Waals surface area contributed by atoms with Crippen molar-refractivity contribution in [1.29, 1.82) is 0 Å². The third kappa shape index (κ3) is 5.15. The number of rotatable bonds is 6. The van der Waals surface area contributed by atoms with Crippen LogP contribution in [0.1, 0.15) is 5.69 Å². The second-order valence-electron chi connectivity index (χ2n) is 5.73. The molecule has 1 aliphatic rings. The molecule has 6 nitrogen and oxygen atoms in total. The van der Waals surface area contributed by atoms with Crippen LogP contribution in [0.4, 0.5) is 17.5 Å². The largest absolute Gasteiger partial charge is 0.379 e. The van der Waals surface area contributed by atoms with Gasteiger partial charge in [0.15, 0.2) is 0 Å². The molecule has 0 bridgehead atoms. The zero-order valence-corrected chi connectivity index (χ0v) is 15.3. The second kappa shape index (κ2) is 8.41. The van der Waals surface area contributed by atoms with Crippen LogP contribution in [0.3, 0.4) is 0 Å². The Bertz CT molecular complexity index is 659. The van der Waals surface area contributed by atoms with E-state index in [2.05, 4.69) is 41.4 Å². The molecule has 2 N–H and O–H groups in total. The highest BCUT2D eigenvalue weighted by Gasteiger charge is 2.10. The number of anilines is 3. The molecule has 0 radical (unpaired) electrons. The number of morpholine rings is 1. The van der Waals surface area contributed by atoms with E-state index in [0.29, 0.717) is 5.95 Å². The Morgan fingerprint density at radius 2 is 1.92 bits per heavy atom. The predicted molar refractivity (Wildman–Crippen MR) is 99.9 cm³/mol. The van der Waals surface area contributed by atoms with Gasteiger partial charge in [0.05, 0.1) is 13.2 Å². The zero-order valence-electron chi connectivity index (χ0n) is 13.8. The van der Waals surface area contributed by atoms with Crippen molar-refractivity contribution < 1.29 is 4.74 Å². The quantitative estimate of drug-likeness (QED) is 0.788. The minimum absolute atomic E-state index is 0.655. The lowest BCUT2D eigenvalue weighted by atomic mass is 10.3. The summed E-state index contributed by atoms with van der Waals surface area (Å²) in [5.41, 5.74) is 1.93. The van der Waals surface area contributed by atoms with Crippen molar-refractivity contribution in [3.8, 4) is 0 Å². The molecule has 0 saturated carbocycles. The van der Waals surface area contributed by atoms with Gasteiger partial charge in [-0.2, -0.15) is 4.98 Å². The van der Waals surface area contributed by atoms with Gasteiger partial charge in [0.1, 0.15) is 5.82 Å². The summed E-state index contributed by atoms with van der Waals surface area (Å²) >= 11 is 3.44. The Kier molecular flexibility index (Phi) is 6.01. The first-order valence-corrected chi connectivity index (χ1v) is 8.90. The third-order valence-electron chi connectivity index (χ3n) is 3.79. The van der Waals surface area contributed by atoms with Crippen molar-refractivity contribution in [3.05, 3.63) is 40.5 Å². The van der Waals surface area contributed by atoms with Gasteiger partial charge in [-0.15, -0.1) is 0 Å². The first-order chi connectivity index (χ1) is 11.7. The van der Waals surface area contributed by atoms with E-state index in [1.807, 2.05) is 37.3 Å². The SMILES string of the molecule is Cc1cc(Nc2ccc(Br)cc2)nc(NCCN2CCOCC2)n1. The molecule has 1 aromatic carbocycles. The van der Waals surface area contributed by atoms with Crippen molar-refractivity contribution >= 4 is 33.4 Å². The molecule has 24 heavy (non-hydrogen) atoms. The zero-order chi connectivity index (χ0) is 16.8. The highest BCUT2D eigenvalue weighted by molar-refractivity contribution is 9.10. The van der Waals surface area contributed by atoms with Crippen molar-refractivity contribution in [1.82, 2.24) is 14.9 Å². The van der Waals surface area contributed by atoms with E-state index in [1.54, 1.807) is 0 Å². The van der Waals surface area contributed by atoms with Crippen molar-refractivity contribution in [2.24, 2.45) is 0 Å². The van der Waals surface area contributed by atoms with Gasteiger partial charge in [-0.05, 0) is 31.2 Å². The Morgan fingerprint density at radius 1 is 1.17 bits per heavy atom. The van der Waals surface area contributed by atoms with Crippen LogP contribution in [0, 0.1) is 6.92 Å². The molecular weight excluding hydrogens is 370 g/mol. The summed E-state index contributed by atoms with van der Waals surface area (Å²) in [6.07, 6.45) is 0. The molecule has 0 atom stereocenters. The Morgan fingerprint density at radius 3 is 2.67 bits per heavy atom. The van der Waals surface area contributed by atoms with E-state index < -0.39 is 0 Å². The van der Waals surface area contributed by atoms with E-state index >= 15 is 0 Å². The van der Waals surface area contributed by atoms with Gasteiger partial charge >= 0.3 is 0 Å². The minimum Gasteiger partial charge on any atom is -0.379 e. The first-order valence-electron chi connectivity index (χ1n) is 8.11. The molecule has 2 heterocycles. The lowest BCUT2D eigenvalue weighted by molar-refractivity contribution is 0.0398. The summed E-state index contributed by atoms with van der Waals surface area (Å²) in [7, 11) is 0. The molecule has 0 unspecified atom stereocenters. The maximum absolute atomic E-state index is 5.36. The number of aryl methyl sites for hydroxylation is 1. The molecule has 1 fully saturated rings. The minimum atomic E-state index is 0.655. The molecule has 0 spiro atoms. The molecular formula is C17H22BrN5O. The lowest BCUT2D eigenvalue weighted by Crippen LogP contribution is -2.39. The summed E-state index contributed by atoms with van der Waals surface area (Å²) in [6, 6.07) is 9.95. The third-order valence-corrected chi connectivity index (χ3v) is 4.31. The fourth-order valence-electron chi connectivity index (χ4n) is 2.54. The van der Waals surface area contributed by atoms with Crippen LogP contribution in [0.25, 0.3) is 0 Å². The lowest BCUT2D eigenvalue weighted by Gasteiger charge is -2.26. The summed E-state index contributed by atoms with van der Waals surface area (Å²) in [4.78, 5) is 11.4. The molecule has 7 heteroatoms. The molecule has 0 amide bonds. The smallest absolute Gasteiger partial charge is 0.224 e. The maximum atomic E-state index is 5.36. The standard InChI is InChI=1S/C17H22BrN5O/c1-13-12-16(21-15-4-2-14(18)3-5-15)22-17(20-13)19-6-7-23-8-10-24-11-9-23/h2-5,12H,6-11H2,1H3,(H2,19,20,21,22). The van der Waals surface area contributed by atoms with Gasteiger partial charge in [0.25, 0.3) is 0 Å². The fourth-order valence-corrected chi connectivity index (χ4v) is 2.81. The average molecular weight is 392 g/mol. The number of halogens is 1. The Labute approximate surface area is 150 Å². The molecule has 3 rings (SSSR count). The number of nitrogens with one attached hydrogen (secondary N) is 2. The van der Waals surface area contributed by atoms with E-state index in [-0.39, 0.29) is 0 Å². The summed E-state index contributed by atoms with van der Waals surface area (Å²) in [5.74, 6) is 1.45. The monoisotopic (exact) mass is 391 g/mol. The second-order valence-corrected chi connectivity index (χ2v) is 6.65. The van der Waals surface area contributed by atoms with Crippen LogP contribution < -0.4 is 10.6 Å². The number of aromatic nitrogens is 2. The molecule has 1 saturated heterocycles. The number of benzene rings is 1. The molecule has 1 aromatic heterocycles. The van der Waals surface area contributed by atoms with E-state index in [9.17, 15) is 0 Å². The molecule has 1 aliphatic heterocycles. The van der Waals surface area contributed by atoms with Gasteiger partial charge in [-0.1, -0.05) is 15.9 Å². The van der Waals surface area contributed by atoms with Gasteiger partial charge in [-0.3, -0.25) is 4.90 Å². The van der Waals surface area contributed by atoms with E-state index in [4.69, 9.17) is 4.74 Å². The Balaban J connectivity index is 1.57. The number of hydrogen-bond donors (Lipinski definition) is 2. The highest BCUT2D eigenvalue weighted by atomic mass is 79.9. The normalized spacial score (nSPS) is 15.2. The van der Waals surface area contributed by atoms with E-state index in [1.165, 1.54) is 0 Å². The van der Waals surface area contributed by atoms with Crippen molar-refractivity contribution in [2.45, 2.75) is 6.92 Å². The topological polar surface area (TPSA) is 62.3 Å². The van der Waals surface area contributed by atoms with Gasteiger partial charge in [0, 0.05) is 48.1 Å².